The van der Waals surface area contributed by atoms with Crippen molar-refractivity contribution >= 4 is 11.7 Å². The molecule has 1 N–H and O–H groups in total. The van der Waals surface area contributed by atoms with E-state index >= 15 is 0 Å². The van der Waals surface area contributed by atoms with Crippen LogP contribution < -0.4 is 5.56 Å². The SMILES string of the molecule is COC(=O)Cc1c(C)nc2nc(C(c3ccccc3)c3ccccc3)[nH]n2c1=O. The summed E-state index contributed by atoms with van der Waals surface area (Å²) in [6.45, 7) is 1.69. The Bertz CT molecular complexity index is 1170. The normalized spacial score (nSPS) is 11.1. The summed E-state index contributed by atoms with van der Waals surface area (Å²) in [7, 11) is 1.29. The number of aromatic amines is 1. The van der Waals surface area contributed by atoms with Crippen molar-refractivity contribution in [2.45, 2.75) is 19.3 Å². The van der Waals surface area contributed by atoms with Gasteiger partial charge < -0.3 is 4.74 Å². The molecule has 0 spiro atoms. The molecule has 146 valence electrons. The van der Waals surface area contributed by atoms with Crippen LogP contribution in [-0.4, -0.2) is 32.7 Å². The molecule has 2 aromatic carbocycles. The number of ether oxygens (including phenoxy) is 1. The van der Waals surface area contributed by atoms with Gasteiger partial charge in [-0.1, -0.05) is 60.7 Å². The molecule has 0 saturated carbocycles. The topological polar surface area (TPSA) is 89.3 Å². The number of hydrogen-bond acceptors (Lipinski definition) is 5. The molecule has 2 aromatic heterocycles. The van der Waals surface area contributed by atoms with Crippen LogP contribution in [0.2, 0.25) is 0 Å². The van der Waals surface area contributed by atoms with Crippen molar-refractivity contribution in [2.75, 3.05) is 7.11 Å². The number of aryl methyl sites for hydroxylation is 1. The molecule has 0 atom stereocenters. The molecule has 0 bridgehead atoms. The number of carbonyl (C=O) groups excluding carboxylic acids is 1. The van der Waals surface area contributed by atoms with Gasteiger partial charge in [-0.2, -0.15) is 9.50 Å². The number of benzene rings is 2. The Balaban J connectivity index is 1.88. The summed E-state index contributed by atoms with van der Waals surface area (Å²) in [6.07, 6.45) is -0.133. The zero-order valence-corrected chi connectivity index (χ0v) is 16.1. The van der Waals surface area contributed by atoms with Crippen molar-refractivity contribution in [1.82, 2.24) is 19.6 Å². The number of esters is 1. The van der Waals surface area contributed by atoms with E-state index in [1.54, 1.807) is 6.92 Å². The molecule has 0 amide bonds. The highest BCUT2D eigenvalue weighted by Gasteiger charge is 2.23. The van der Waals surface area contributed by atoms with Crippen LogP contribution in [0.3, 0.4) is 0 Å². The lowest BCUT2D eigenvalue weighted by molar-refractivity contribution is -0.139. The van der Waals surface area contributed by atoms with E-state index < -0.39 is 5.97 Å². The van der Waals surface area contributed by atoms with Gasteiger partial charge in [-0.3, -0.25) is 14.7 Å². The van der Waals surface area contributed by atoms with E-state index in [1.807, 2.05) is 60.7 Å². The third-order valence-electron chi connectivity index (χ3n) is 4.90. The van der Waals surface area contributed by atoms with Crippen LogP contribution in [0.25, 0.3) is 5.78 Å². The zero-order valence-electron chi connectivity index (χ0n) is 16.1. The maximum absolute atomic E-state index is 13.0. The van der Waals surface area contributed by atoms with Gasteiger partial charge >= 0.3 is 5.97 Å². The summed E-state index contributed by atoms with van der Waals surface area (Å²) in [6, 6.07) is 19.9. The summed E-state index contributed by atoms with van der Waals surface area (Å²) in [5.41, 5.74) is 2.49. The number of methoxy groups -OCH3 is 1. The molecule has 4 aromatic rings. The molecule has 0 aliphatic carbocycles. The molecule has 0 aliphatic heterocycles. The molecule has 0 fully saturated rings. The minimum atomic E-state index is -0.488. The summed E-state index contributed by atoms with van der Waals surface area (Å²) in [5, 5.41) is 3.10. The van der Waals surface area contributed by atoms with Crippen LogP contribution in [0, 0.1) is 6.92 Å². The van der Waals surface area contributed by atoms with Crippen LogP contribution in [-0.2, 0) is 16.0 Å². The largest absolute Gasteiger partial charge is 0.469 e. The lowest BCUT2D eigenvalue weighted by Gasteiger charge is -2.15. The van der Waals surface area contributed by atoms with Gasteiger partial charge in [-0.25, -0.2) is 4.98 Å². The maximum atomic E-state index is 13.0. The summed E-state index contributed by atoms with van der Waals surface area (Å²) < 4.78 is 5.99. The molecule has 0 saturated heterocycles. The number of nitrogens with one attached hydrogen (secondary N) is 1. The maximum Gasteiger partial charge on any atom is 0.310 e. The summed E-state index contributed by atoms with van der Waals surface area (Å²) in [4.78, 5) is 33.7. The van der Waals surface area contributed by atoms with Gasteiger partial charge in [-0.05, 0) is 18.1 Å². The Kier molecular flexibility index (Phi) is 4.95. The molecule has 0 unspecified atom stereocenters. The second-order valence-corrected chi connectivity index (χ2v) is 6.73. The van der Waals surface area contributed by atoms with E-state index in [0.717, 1.165) is 11.1 Å². The molecule has 7 heteroatoms. The standard InChI is InChI=1S/C22H20N4O3/c1-14-17(13-18(27)29-2)21(28)26-22(23-14)24-20(25-26)19(15-9-5-3-6-10-15)16-11-7-4-8-12-16/h3-12,19H,13H2,1-2H3,(H,23,24,25). The molecule has 0 aliphatic rings. The van der Waals surface area contributed by atoms with Crippen molar-refractivity contribution in [2.24, 2.45) is 0 Å². The Hall–Kier alpha value is -3.74. The van der Waals surface area contributed by atoms with Crippen LogP contribution >= 0.6 is 0 Å². The molecular weight excluding hydrogens is 368 g/mol. The number of nitrogens with zero attached hydrogens (tertiary/aromatic N) is 3. The monoisotopic (exact) mass is 388 g/mol. The molecule has 29 heavy (non-hydrogen) atoms. The first-order chi connectivity index (χ1) is 14.1. The van der Waals surface area contributed by atoms with Gasteiger partial charge in [-0.15, -0.1) is 0 Å². The number of hydrogen-bond donors (Lipinski definition) is 1. The lowest BCUT2D eigenvalue weighted by atomic mass is 9.91. The van der Waals surface area contributed by atoms with Crippen LogP contribution in [0.15, 0.2) is 65.5 Å². The number of aromatic nitrogens is 4. The quantitative estimate of drug-likeness (QED) is 0.531. The molecule has 2 heterocycles. The van der Waals surface area contributed by atoms with Gasteiger partial charge in [0.1, 0.15) is 5.82 Å². The average molecular weight is 388 g/mol. The van der Waals surface area contributed by atoms with Crippen molar-refractivity contribution in [1.29, 1.82) is 0 Å². The fourth-order valence-corrected chi connectivity index (χ4v) is 3.42. The van der Waals surface area contributed by atoms with E-state index in [9.17, 15) is 9.59 Å². The van der Waals surface area contributed by atoms with Crippen LogP contribution in [0.1, 0.15) is 34.1 Å². The van der Waals surface area contributed by atoms with Gasteiger partial charge in [0.2, 0.25) is 0 Å². The third kappa shape index (κ3) is 3.54. The number of carbonyl (C=O) groups is 1. The number of H-pyrrole nitrogens is 1. The third-order valence-corrected chi connectivity index (χ3v) is 4.90. The fourth-order valence-electron chi connectivity index (χ4n) is 3.42. The summed E-state index contributed by atoms with van der Waals surface area (Å²) in [5.74, 6) is 0.190. The molecule has 0 radical (unpaired) electrons. The van der Waals surface area contributed by atoms with Crippen molar-refractivity contribution in [3.8, 4) is 0 Å². The van der Waals surface area contributed by atoms with Crippen molar-refractivity contribution < 1.29 is 9.53 Å². The van der Waals surface area contributed by atoms with Crippen LogP contribution in [0.4, 0.5) is 0 Å². The first kappa shape index (κ1) is 18.6. The Morgan fingerprint density at radius 2 is 1.62 bits per heavy atom. The van der Waals surface area contributed by atoms with Crippen LogP contribution in [0.5, 0.6) is 0 Å². The first-order valence-corrected chi connectivity index (χ1v) is 9.23. The second kappa shape index (κ2) is 7.71. The molecule has 7 nitrogen and oxygen atoms in total. The lowest BCUT2D eigenvalue weighted by Crippen LogP contribution is -2.24. The Labute approximate surface area is 167 Å². The van der Waals surface area contributed by atoms with E-state index in [2.05, 4.69) is 15.1 Å². The minimum absolute atomic E-state index is 0.133. The highest BCUT2D eigenvalue weighted by Crippen LogP contribution is 2.29. The predicted octanol–water partition coefficient (Wildman–Crippen LogP) is 2.62. The smallest absolute Gasteiger partial charge is 0.310 e. The summed E-state index contributed by atoms with van der Waals surface area (Å²) >= 11 is 0. The predicted molar refractivity (Wildman–Crippen MR) is 108 cm³/mol. The molecular formula is C22H20N4O3. The fraction of sp³-hybridized carbons (Fsp3) is 0.182. The van der Waals surface area contributed by atoms with E-state index in [4.69, 9.17) is 4.74 Å². The Morgan fingerprint density at radius 1 is 1.03 bits per heavy atom. The minimum Gasteiger partial charge on any atom is -0.469 e. The first-order valence-electron chi connectivity index (χ1n) is 9.23. The van der Waals surface area contributed by atoms with Crippen molar-refractivity contribution in [3.63, 3.8) is 0 Å². The van der Waals surface area contributed by atoms with Crippen molar-refractivity contribution in [3.05, 3.63) is 99.2 Å². The van der Waals surface area contributed by atoms with Gasteiger partial charge in [0, 0.05) is 0 Å². The zero-order chi connectivity index (χ0) is 20.4. The van der Waals surface area contributed by atoms with Gasteiger partial charge in [0.25, 0.3) is 11.3 Å². The van der Waals surface area contributed by atoms with E-state index in [0.29, 0.717) is 17.1 Å². The highest BCUT2D eigenvalue weighted by molar-refractivity contribution is 5.72. The highest BCUT2D eigenvalue weighted by atomic mass is 16.5. The number of fused-ring (bicyclic) bond motifs is 1. The Morgan fingerprint density at radius 3 is 2.17 bits per heavy atom. The second-order valence-electron chi connectivity index (χ2n) is 6.73. The molecule has 4 rings (SSSR count). The van der Waals surface area contributed by atoms with Gasteiger partial charge in [0.05, 0.1) is 30.7 Å². The van der Waals surface area contributed by atoms with Gasteiger partial charge in [0.15, 0.2) is 0 Å². The number of rotatable bonds is 5. The van der Waals surface area contributed by atoms with E-state index in [1.165, 1.54) is 11.6 Å². The van der Waals surface area contributed by atoms with E-state index in [-0.39, 0.29) is 23.7 Å². The average Bonchev–Trinajstić information content (AvgIpc) is 3.16.